The lowest BCUT2D eigenvalue weighted by molar-refractivity contribution is 0.312. The summed E-state index contributed by atoms with van der Waals surface area (Å²) in [6, 6.07) is 5.83. The Balaban J connectivity index is 0.00000180. The van der Waals surface area contributed by atoms with Gasteiger partial charge in [0.05, 0.1) is 14.2 Å². The molecule has 5 heteroatoms. The van der Waals surface area contributed by atoms with E-state index in [4.69, 9.17) is 15.2 Å². The lowest BCUT2D eigenvalue weighted by Gasteiger charge is -2.29. The van der Waals surface area contributed by atoms with Crippen LogP contribution in [0.2, 0.25) is 0 Å². The van der Waals surface area contributed by atoms with Gasteiger partial charge in [0.25, 0.3) is 0 Å². The predicted octanol–water partition coefficient (Wildman–Crippen LogP) is 2.13. The Hall–Kier alpha value is -0.970. The quantitative estimate of drug-likeness (QED) is 0.890. The third kappa shape index (κ3) is 3.75. The lowest BCUT2D eigenvalue weighted by Crippen LogP contribution is -2.33. The van der Waals surface area contributed by atoms with E-state index < -0.39 is 0 Å². The van der Waals surface area contributed by atoms with Gasteiger partial charge in [-0.3, -0.25) is 0 Å². The highest BCUT2D eigenvalue weighted by molar-refractivity contribution is 5.85. The van der Waals surface area contributed by atoms with Crippen molar-refractivity contribution >= 4 is 12.4 Å². The summed E-state index contributed by atoms with van der Waals surface area (Å²) in [5.41, 5.74) is 7.45. The van der Waals surface area contributed by atoms with Crippen molar-refractivity contribution in [1.82, 2.24) is 5.32 Å². The van der Waals surface area contributed by atoms with Crippen molar-refractivity contribution in [3.05, 3.63) is 23.8 Å². The van der Waals surface area contributed by atoms with Gasteiger partial charge in [-0.15, -0.1) is 12.4 Å². The van der Waals surface area contributed by atoms with Crippen LogP contribution in [0, 0.1) is 5.92 Å². The number of ether oxygens (including phenoxy) is 2. The fourth-order valence-electron chi connectivity index (χ4n) is 2.56. The van der Waals surface area contributed by atoms with E-state index in [2.05, 4.69) is 5.32 Å². The third-order valence-electron chi connectivity index (χ3n) is 3.69. The average molecular weight is 287 g/mol. The van der Waals surface area contributed by atoms with E-state index in [0.29, 0.717) is 5.92 Å². The molecule has 0 aliphatic carbocycles. The van der Waals surface area contributed by atoms with E-state index in [9.17, 15) is 0 Å². The second kappa shape index (κ2) is 7.58. The number of nitrogens with two attached hydrogens (primary N) is 1. The molecular formula is C14H23ClN2O2. The van der Waals surface area contributed by atoms with Crippen LogP contribution in [-0.2, 0) is 0 Å². The Morgan fingerprint density at radius 2 is 1.89 bits per heavy atom. The van der Waals surface area contributed by atoms with Gasteiger partial charge in [0.2, 0.25) is 0 Å². The number of nitrogens with one attached hydrogen (secondary N) is 1. The molecule has 1 aromatic rings. The molecule has 1 saturated heterocycles. The Morgan fingerprint density at radius 1 is 1.21 bits per heavy atom. The summed E-state index contributed by atoms with van der Waals surface area (Å²) < 4.78 is 10.7. The first-order valence-electron chi connectivity index (χ1n) is 6.44. The van der Waals surface area contributed by atoms with E-state index in [1.165, 1.54) is 0 Å². The molecule has 1 aliphatic rings. The van der Waals surface area contributed by atoms with E-state index in [1.807, 2.05) is 18.2 Å². The Morgan fingerprint density at radius 3 is 2.47 bits per heavy atom. The van der Waals surface area contributed by atoms with Crippen molar-refractivity contribution in [3.63, 3.8) is 0 Å². The van der Waals surface area contributed by atoms with Crippen molar-refractivity contribution in [1.29, 1.82) is 0 Å². The molecule has 1 heterocycles. The Bertz CT molecular complexity index is 395. The lowest BCUT2D eigenvalue weighted by atomic mass is 9.86. The minimum atomic E-state index is 0. The zero-order chi connectivity index (χ0) is 13.0. The van der Waals surface area contributed by atoms with Crippen LogP contribution in [0.3, 0.4) is 0 Å². The molecule has 1 aromatic carbocycles. The largest absolute Gasteiger partial charge is 0.497 e. The molecule has 0 spiro atoms. The number of benzene rings is 1. The highest BCUT2D eigenvalue weighted by Crippen LogP contribution is 2.34. The first-order valence-corrected chi connectivity index (χ1v) is 6.44. The topological polar surface area (TPSA) is 56.5 Å². The summed E-state index contributed by atoms with van der Waals surface area (Å²) in [6.45, 7) is 2.09. The standard InChI is InChI=1S/C14H22N2O2.ClH/c1-17-11-3-4-13(18-2)12(9-11)14(15)10-5-7-16-8-6-10;/h3-4,9-10,14,16H,5-8,15H2,1-2H3;1H/t14-;/m1./s1. The van der Waals surface area contributed by atoms with Gasteiger partial charge in [0.1, 0.15) is 11.5 Å². The van der Waals surface area contributed by atoms with Crippen LogP contribution in [0.4, 0.5) is 0 Å². The smallest absolute Gasteiger partial charge is 0.123 e. The van der Waals surface area contributed by atoms with Crippen LogP contribution >= 0.6 is 12.4 Å². The SMILES string of the molecule is COc1ccc(OC)c([C@H](N)C2CCNCC2)c1.Cl. The normalized spacial score (nSPS) is 17.4. The van der Waals surface area contributed by atoms with Gasteiger partial charge in [-0.2, -0.15) is 0 Å². The van der Waals surface area contributed by atoms with Crippen molar-refractivity contribution in [3.8, 4) is 11.5 Å². The molecule has 19 heavy (non-hydrogen) atoms. The van der Waals surface area contributed by atoms with Gasteiger partial charge >= 0.3 is 0 Å². The van der Waals surface area contributed by atoms with Crippen LogP contribution in [0.15, 0.2) is 18.2 Å². The third-order valence-corrected chi connectivity index (χ3v) is 3.69. The molecule has 0 saturated carbocycles. The van der Waals surface area contributed by atoms with Crippen molar-refractivity contribution in [2.75, 3.05) is 27.3 Å². The number of hydrogen-bond donors (Lipinski definition) is 2. The second-order valence-corrected chi connectivity index (χ2v) is 4.72. The van der Waals surface area contributed by atoms with Gasteiger partial charge in [-0.25, -0.2) is 0 Å². The van der Waals surface area contributed by atoms with Crippen molar-refractivity contribution in [2.45, 2.75) is 18.9 Å². The highest BCUT2D eigenvalue weighted by atomic mass is 35.5. The van der Waals surface area contributed by atoms with Crippen molar-refractivity contribution in [2.24, 2.45) is 11.7 Å². The summed E-state index contributed by atoms with van der Waals surface area (Å²) in [7, 11) is 3.35. The average Bonchev–Trinajstić information content (AvgIpc) is 2.46. The molecule has 0 unspecified atom stereocenters. The number of piperidine rings is 1. The molecule has 4 nitrogen and oxygen atoms in total. The van der Waals surface area contributed by atoms with E-state index in [1.54, 1.807) is 14.2 Å². The molecule has 0 amide bonds. The number of rotatable bonds is 4. The highest BCUT2D eigenvalue weighted by Gasteiger charge is 2.24. The maximum absolute atomic E-state index is 6.41. The molecule has 2 rings (SSSR count). The zero-order valence-corrected chi connectivity index (χ0v) is 12.3. The fraction of sp³-hybridized carbons (Fsp3) is 0.571. The summed E-state index contributed by atoms with van der Waals surface area (Å²) in [5.74, 6) is 2.18. The van der Waals surface area contributed by atoms with Crippen LogP contribution in [0.5, 0.6) is 11.5 Å². The molecule has 0 aromatic heterocycles. The van der Waals surface area contributed by atoms with Gasteiger partial charge in [0, 0.05) is 11.6 Å². The van der Waals surface area contributed by atoms with Crippen LogP contribution in [0.25, 0.3) is 0 Å². The van der Waals surface area contributed by atoms with E-state index in [-0.39, 0.29) is 18.4 Å². The van der Waals surface area contributed by atoms with Crippen LogP contribution in [0.1, 0.15) is 24.4 Å². The molecule has 0 bridgehead atoms. The minimum absolute atomic E-state index is 0. The summed E-state index contributed by atoms with van der Waals surface area (Å²) in [6.07, 6.45) is 2.23. The summed E-state index contributed by atoms with van der Waals surface area (Å²) in [5, 5.41) is 3.36. The molecular weight excluding hydrogens is 264 g/mol. The van der Waals surface area contributed by atoms with Gasteiger partial charge in [-0.05, 0) is 50.0 Å². The summed E-state index contributed by atoms with van der Waals surface area (Å²) >= 11 is 0. The first-order chi connectivity index (χ1) is 8.76. The van der Waals surface area contributed by atoms with Crippen LogP contribution in [-0.4, -0.2) is 27.3 Å². The predicted molar refractivity (Wildman–Crippen MR) is 79.3 cm³/mol. The molecule has 108 valence electrons. The second-order valence-electron chi connectivity index (χ2n) is 4.72. The Kier molecular flexibility index (Phi) is 6.42. The van der Waals surface area contributed by atoms with Crippen LogP contribution < -0.4 is 20.5 Å². The van der Waals surface area contributed by atoms with Gasteiger partial charge < -0.3 is 20.5 Å². The molecule has 1 fully saturated rings. The van der Waals surface area contributed by atoms with Gasteiger partial charge in [0.15, 0.2) is 0 Å². The number of methoxy groups -OCH3 is 2. The summed E-state index contributed by atoms with van der Waals surface area (Å²) in [4.78, 5) is 0. The van der Waals surface area contributed by atoms with Gasteiger partial charge in [-0.1, -0.05) is 0 Å². The number of hydrogen-bond acceptors (Lipinski definition) is 4. The minimum Gasteiger partial charge on any atom is -0.497 e. The number of halogens is 1. The van der Waals surface area contributed by atoms with Crippen molar-refractivity contribution < 1.29 is 9.47 Å². The maximum Gasteiger partial charge on any atom is 0.123 e. The molecule has 1 aliphatic heterocycles. The molecule has 0 radical (unpaired) electrons. The Labute approximate surface area is 121 Å². The fourth-order valence-corrected chi connectivity index (χ4v) is 2.56. The maximum atomic E-state index is 6.41. The monoisotopic (exact) mass is 286 g/mol. The first kappa shape index (κ1) is 16.1. The molecule has 3 N–H and O–H groups in total. The zero-order valence-electron chi connectivity index (χ0n) is 11.5. The molecule has 1 atom stereocenters. The van der Waals surface area contributed by atoms with E-state index >= 15 is 0 Å². The van der Waals surface area contributed by atoms with E-state index in [0.717, 1.165) is 43.0 Å².